The van der Waals surface area contributed by atoms with Crippen molar-refractivity contribution < 1.29 is 0 Å². The molecule has 2 heterocycles. The van der Waals surface area contributed by atoms with Crippen LogP contribution in [0.15, 0.2) is 23.6 Å². The van der Waals surface area contributed by atoms with Crippen LogP contribution in [0.3, 0.4) is 0 Å². The first-order chi connectivity index (χ1) is 9.19. The number of anilines is 1. The molecule has 0 bridgehead atoms. The van der Waals surface area contributed by atoms with Gasteiger partial charge in [-0.2, -0.15) is 0 Å². The molecule has 0 fully saturated rings. The molecule has 2 aromatic rings. The van der Waals surface area contributed by atoms with E-state index in [1.54, 1.807) is 11.3 Å². The molecule has 0 spiro atoms. The fourth-order valence-electron chi connectivity index (χ4n) is 1.80. The van der Waals surface area contributed by atoms with E-state index in [9.17, 15) is 0 Å². The van der Waals surface area contributed by atoms with E-state index in [1.165, 1.54) is 0 Å². The van der Waals surface area contributed by atoms with Crippen LogP contribution in [-0.4, -0.2) is 23.6 Å². The van der Waals surface area contributed by atoms with Crippen LogP contribution in [0.4, 0.5) is 5.13 Å². The normalized spacial score (nSPS) is 10.7. The molecular formula is C14H20N4S. The van der Waals surface area contributed by atoms with Crippen LogP contribution in [0.1, 0.15) is 24.0 Å². The van der Waals surface area contributed by atoms with E-state index < -0.39 is 0 Å². The average Bonchev–Trinajstić information content (AvgIpc) is 2.85. The van der Waals surface area contributed by atoms with Crippen molar-refractivity contribution in [3.05, 3.63) is 40.7 Å². The molecule has 0 saturated heterocycles. The Kier molecular flexibility index (Phi) is 4.87. The number of thiazole rings is 1. The van der Waals surface area contributed by atoms with Crippen molar-refractivity contribution in [3.63, 3.8) is 0 Å². The van der Waals surface area contributed by atoms with Crippen LogP contribution in [-0.2, 0) is 13.1 Å². The van der Waals surface area contributed by atoms with Crippen LogP contribution >= 0.6 is 11.3 Å². The van der Waals surface area contributed by atoms with E-state index >= 15 is 0 Å². The molecule has 5 heteroatoms. The Morgan fingerprint density at radius 3 is 2.84 bits per heavy atom. The van der Waals surface area contributed by atoms with Crippen LogP contribution in [0.25, 0.3) is 0 Å². The number of pyridine rings is 1. The fourth-order valence-corrected chi connectivity index (χ4v) is 2.60. The summed E-state index contributed by atoms with van der Waals surface area (Å²) in [5.74, 6) is 0. The Morgan fingerprint density at radius 1 is 1.26 bits per heavy atom. The highest BCUT2D eigenvalue weighted by molar-refractivity contribution is 7.13. The monoisotopic (exact) mass is 276 g/mol. The van der Waals surface area contributed by atoms with Gasteiger partial charge in [0.15, 0.2) is 5.13 Å². The van der Waals surface area contributed by atoms with Crippen LogP contribution in [0.5, 0.6) is 0 Å². The lowest BCUT2D eigenvalue weighted by Gasteiger charge is -2.15. The third-order valence-corrected chi connectivity index (χ3v) is 3.77. The number of rotatable bonds is 6. The maximum atomic E-state index is 4.62. The number of aromatic nitrogens is 2. The Bertz CT molecular complexity index is 524. The largest absolute Gasteiger partial charge is 0.345 e. The molecule has 0 aliphatic rings. The van der Waals surface area contributed by atoms with Crippen LogP contribution in [0, 0.1) is 6.92 Å². The summed E-state index contributed by atoms with van der Waals surface area (Å²) in [6.07, 6.45) is 0. The third kappa shape index (κ3) is 4.01. The van der Waals surface area contributed by atoms with Gasteiger partial charge in [-0.1, -0.05) is 13.0 Å². The van der Waals surface area contributed by atoms with Gasteiger partial charge in [0.25, 0.3) is 0 Å². The maximum absolute atomic E-state index is 4.62. The highest BCUT2D eigenvalue weighted by Gasteiger charge is 2.08. The zero-order valence-electron chi connectivity index (χ0n) is 11.7. The van der Waals surface area contributed by atoms with Gasteiger partial charge in [-0.3, -0.25) is 4.98 Å². The van der Waals surface area contributed by atoms with Gasteiger partial charge in [-0.05, 0) is 25.6 Å². The number of hydrogen-bond acceptors (Lipinski definition) is 5. The van der Waals surface area contributed by atoms with Gasteiger partial charge in [0, 0.05) is 24.7 Å². The smallest absolute Gasteiger partial charge is 0.185 e. The van der Waals surface area contributed by atoms with Crippen molar-refractivity contribution in [2.24, 2.45) is 0 Å². The Balaban J connectivity index is 1.99. The van der Waals surface area contributed by atoms with Crippen LogP contribution in [0.2, 0.25) is 0 Å². The SMILES string of the molecule is CCNCc1csc(N(C)Cc2cccc(C)n2)n1. The summed E-state index contributed by atoms with van der Waals surface area (Å²) in [4.78, 5) is 11.3. The summed E-state index contributed by atoms with van der Waals surface area (Å²) in [5, 5.41) is 6.43. The molecule has 0 saturated carbocycles. The Morgan fingerprint density at radius 2 is 2.11 bits per heavy atom. The van der Waals surface area contributed by atoms with Crippen molar-refractivity contribution in [3.8, 4) is 0 Å². The molecule has 0 aromatic carbocycles. The molecule has 1 N–H and O–H groups in total. The first kappa shape index (κ1) is 14.0. The molecule has 0 aliphatic carbocycles. The fraction of sp³-hybridized carbons (Fsp3) is 0.429. The second-order valence-electron chi connectivity index (χ2n) is 4.53. The zero-order chi connectivity index (χ0) is 13.7. The Hall–Kier alpha value is -1.46. The quantitative estimate of drug-likeness (QED) is 0.880. The number of nitrogens with zero attached hydrogens (tertiary/aromatic N) is 3. The topological polar surface area (TPSA) is 41.0 Å². The molecule has 0 unspecified atom stereocenters. The molecule has 102 valence electrons. The molecule has 0 atom stereocenters. The molecule has 0 amide bonds. The minimum absolute atomic E-state index is 0.788. The predicted octanol–water partition coefficient (Wildman–Crippen LogP) is 2.59. The highest BCUT2D eigenvalue weighted by atomic mass is 32.1. The predicted molar refractivity (Wildman–Crippen MR) is 80.6 cm³/mol. The average molecular weight is 276 g/mol. The van der Waals surface area contributed by atoms with Gasteiger partial charge in [0.1, 0.15) is 0 Å². The molecule has 4 nitrogen and oxygen atoms in total. The second-order valence-corrected chi connectivity index (χ2v) is 5.36. The minimum atomic E-state index is 0.788. The van der Waals surface area contributed by atoms with Gasteiger partial charge in [-0.15, -0.1) is 11.3 Å². The molecule has 2 rings (SSSR count). The molecular weight excluding hydrogens is 256 g/mol. The van der Waals surface area contributed by atoms with Gasteiger partial charge in [0.2, 0.25) is 0 Å². The van der Waals surface area contributed by atoms with Crippen molar-refractivity contribution in [1.29, 1.82) is 0 Å². The van der Waals surface area contributed by atoms with Gasteiger partial charge in [0.05, 0.1) is 17.9 Å². The van der Waals surface area contributed by atoms with Gasteiger partial charge < -0.3 is 10.2 Å². The first-order valence-corrected chi connectivity index (χ1v) is 7.35. The minimum Gasteiger partial charge on any atom is -0.345 e. The number of aryl methyl sites for hydroxylation is 1. The summed E-state index contributed by atoms with van der Waals surface area (Å²) < 4.78 is 0. The lowest BCUT2D eigenvalue weighted by atomic mass is 10.3. The standard InChI is InChI=1S/C14H20N4S/c1-4-15-8-13-10-19-14(17-13)18(3)9-12-7-5-6-11(2)16-12/h5-7,10,15H,4,8-9H2,1-3H3. The highest BCUT2D eigenvalue weighted by Crippen LogP contribution is 2.20. The van der Waals surface area contributed by atoms with Crippen molar-refractivity contribution in [2.45, 2.75) is 26.9 Å². The number of nitrogens with one attached hydrogen (secondary N) is 1. The van der Waals surface area contributed by atoms with Crippen LogP contribution < -0.4 is 10.2 Å². The number of hydrogen-bond donors (Lipinski definition) is 1. The van der Waals surface area contributed by atoms with E-state index in [0.717, 1.165) is 41.8 Å². The summed E-state index contributed by atoms with van der Waals surface area (Å²) in [6, 6.07) is 6.11. The van der Waals surface area contributed by atoms with E-state index in [0.29, 0.717) is 0 Å². The zero-order valence-corrected chi connectivity index (χ0v) is 12.5. The summed E-state index contributed by atoms with van der Waals surface area (Å²) in [7, 11) is 2.06. The van der Waals surface area contributed by atoms with Gasteiger partial charge in [-0.25, -0.2) is 4.98 Å². The van der Waals surface area contributed by atoms with Crippen molar-refractivity contribution in [1.82, 2.24) is 15.3 Å². The lowest BCUT2D eigenvalue weighted by Crippen LogP contribution is -2.17. The summed E-state index contributed by atoms with van der Waals surface area (Å²) in [5.41, 5.74) is 3.23. The Labute approximate surface area is 118 Å². The first-order valence-electron chi connectivity index (χ1n) is 6.48. The van der Waals surface area contributed by atoms with Crippen molar-refractivity contribution >= 4 is 16.5 Å². The van der Waals surface area contributed by atoms with E-state index in [2.05, 4.69) is 45.6 Å². The second kappa shape index (κ2) is 6.63. The molecule has 19 heavy (non-hydrogen) atoms. The van der Waals surface area contributed by atoms with Crippen molar-refractivity contribution in [2.75, 3.05) is 18.5 Å². The maximum Gasteiger partial charge on any atom is 0.185 e. The molecule has 2 aromatic heterocycles. The summed E-state index contributed by atoms with van der Waals surface area (Å²) in [6.45, 7) is 6.71. The van der Waals surface area contributed by atoms with E-state index in [4.69, 9.17) is 0 Å². The third-order valence-electron chi connectivity index (χ3n) is 2.77. The summed E-state index contributed by atoms with van der Waals surface area (Å²) >= 11 is 1.68. The lowest BCUT2D eigenvalue weighted by molar-refractivity contribution is 0.713. The van der Waals surface area contributed by atoms with E-state index in [1.807, 2.05) is 19.1 Å². The molecule has 0 aliphatic heterocycles. The molecule has 0 radical (unpaired) electrons. The van der Waals surface area contributed by atoms with E-state index in [-0.39, 0.29) is 0 Å². The van der Waals surface area contributed by atoms with Gasteiger partial charge >= 0.3 is 0 Å².